The lowest BCUT2D eigenvalue weighted by atomic mass is 9.91. The van der Waals surface area contributed by atoms with Gasteiger partial charge in [0.15, 0.2) is 5.78 Å². The fourth-order valence-corrected chi connectivity index (χ4v) is 2.91. The van der Waals surface area contributed by atoms with Crippen LogP contribution in [0.25, 0.3) is 0 Å². The number of rotatable bonds is 4. The lowest BCUT2D eigenvalue weighted by Gasteiger charge is -2.22. The molecule has 1 fully saturated rings. The van der Waals surface area contributed by atoms with Crippen LogP contribution < -0.4 is 5.32 Å². The highest BCUT2D eigenvalue weighted by molar-refractivity contribution is 6.30. The van der Waals surface area contributed by atoms with Crippen LogP contribution in [-0.4, -0.2) is 29.2 Å². The van der Waals surface area contributed by atoms with Crippen molar-refractivity contribution in [3.05, 3.63) is 70.2 Å². The molecule has 3 amide bonds. The first-order valence-electron chi connectivity index (χ1n) is 7.78. The fourth-order valence-electron chi connectivity index (χ4n) is 2.78. The van der Waals surface area contributed by atoms with Crippen LogP contribution in [0.5, 0.6) is 0 Å². The van der Waals surface area contributed by atoms with Gasteiger partial charge < -0.3 is 5.32 Å². The van der Waals surface area contributed by atoms with E-state index in [0.29, 0.717) is 21.7 Å². The minimum absolute atomic E-state index is 0.363. The Balaban J connectivity index is 1.83. The molecule has 0 saturated carbocycles. The number of nitrogens with one attached hydrogen (secondary N) is 1. The van der Waals surface area contributed by atoms with Crippen LogP contribution in [0.15, 0.2) is 48.5 Å². The summed E-state index contributed by atoms with van der Waals surface area (Å²) in [5, 5.41) is 12.0. The molecule has 0 spiro atoms. The Hall–Kier alpha value is -3.17. The number of imide groups is 1. The van der Waals surface area contributed by atoms with Crippen molar-refractivity contribution in [3.63, 3.8) is 0 Å². The van der Waals surface area contributed by atoms with Gasteiger partial charge in [-0.1, -0.05) is 23.7 Å². The summed E-state index contributed by atoms with van der Waals surface area (Å²) in [6.07, 6.45) is 0. The van der Waals surface area contributed by atoms with E-state index in [1.54, 1.807) is 55.5 Å². The molecule has 0 unspecified atom stereocenters. The number of urea groups is 1. The van der Waals surface area contributed by atoms with Crippen LogP contribution in [-0.2, 0) is 10.3 Å². The van der Waals surface area contributed by atoms with Crippen LogP contribution in [0.2, 0.25) is 5.02 Å². The summed E-state index contributed by atoms with van der Waals surface area (Å²) in [5.41, 5.74) is 0.0629. The molecule has 3 rings (SSSR count). The van der Waals surface area contributed by atoms with E-state index in [9.17, 15) is 14.4 Å². The Labute approximate surface area is 155 Å². The third-order valence-corrected chi connectivity index (χ3v) is 4.59. The van der Waals surface area contributed by atoms with E-state index < -0.39 is 17.5 Å². The van der Waals surface area contributed by atoms with Gasteiger partial charge in [-0.3, -0.25) is 14.5 Å². The molecule has 6 nitrogen and oxygen atoms in total. The van der Waals surface area contributed by atoms with Gasteiger partial charge in [-0.15, -0.1) is 0 Å². The van der Waals surface area contributed by atoms with E-state index >= 15 is 0 Å². The average Bonchev–Trinajstić information content (AvgIpc) is 2.86. The Bertz CT molecular complexity index is 932. The smallest absolute Gasteiger partial charge is 0.319 e. The molecular weight excluding hydrogens is 354 g/mol. The van der Waals surface area contributed by atoms with Crippen LogP contribution in [0.1, 0.15) is 28.4 Å². The summed E-state index contributed by atoms with van der Waals surface area (Å²) in [5.74, 6) is -0.885. The molecule has 0 aliphatic carbocycles. The summed E-state index contributed by atoms with van der Waals surface area (Å²) in [6.45, 7) is 1.21. The number of carbonyl (C=O) groups excluding carboxylic acids is 3. The van der Waals surface area contributed by atoms with Crippen molar-refractivity contribution in [2.45, 2.75) is 12.5 Å². The molecule has 0 aromatic heterocycles. The number of hydrogen-bond acceptors (Lipinski definition) is 4. The molecule has 1 atom stereocenters. The Morgan fingerprint density at radius 3 is 2.35 bits per heavy atom. The van der Waals surface area contributed by atoms with Crippen molar-refractivity contribution in [3.8, 4) is 6.07 Å². The second-order valence-electron chi connectivity index (χ2n) is 6.07. The molecule has 2 aromatic carbocycles. The third-order valence-electron chi connectivity index (χ3n) is 4.33. The van der Waals surface area contributed by atoms with Crippen LogP contribution >= 0.6 is 11.6 Å². The number of benzene rings is 2. The van der Waals surface area contributed by atoms with Gasteiger partial charge in [0, 0.05) is 10.6 Å². The summed E-state index contributed by atoms with van der Waals surface area (Å²) in [6, 6.07) is 14.0. The number of Topliss-reactive ketones (excluding diaryl/α,β-unsaturated/α-hetero) is 1. The van der Waals surface area contributed by atoms with Crippen LogP contribution in [0.3, 0.4) is 0 Å². The van der Waals surface area contributed by atoms with E-state index in [2.05, 4.69) is 5.32 Å². The molecule has 1 heterocycles. The zero-order valence-corrected chi connectivity index (χ0v) is 14.6. The van der Waals surface area contributed by atoms with Gasteiger partial charge in [0.25, 0.3) is 5.91 Å². The summed E-state index contributed by atoms with van der Waals surface area (Å²) >= 11 is 5.80. The first-order chi connectivity index (χ1) is 12.3. The van der Waals surface area contributed by atoms with Gasteiger partial charge in [-0.2, -0.15) is 5.26 Å². The number of nitriles is 1. The number of hydrogen-bond donors (Lipinski definition) is 1. The predicted molar refractivity (Wildman–Crippen MR) is 94.5 cm³/mol. The van der Waals surface area contributed by atoms with Gasteiger partial charge in [0.05, 0.1) is 18.2 Å². The van der Waals surface area contributed by atoms with Gasteiger partial charge in [-0.05, 0) is 48.9 Å². The second-order valence-corrected chi connectivity index (χ2v) is 6.50. The van der Waals surface area contributed by atoms with Crippen molar-refractivity contribution < 1.29 is 14.4 Å². The SMILES string of the molecule is C[C@@]1(c2ccc(C#N)cc2)NC(=O)N(CC(=O)c2ccc(Cl)cc2)C1=O. The Morgan fingerprint density at radius 1 is 1.15 bits per heavy atom. The van der Waals surface area contributed by atoms with Gasteiger partial charge in [0.2, 0.25) is 0 Å². The van der Waals surface area contributed by atoms with E-state index in [0.717, 1.165) is 4.90 Å². The highest BCUT2D eigenvalue weighted by atomic mass is 35.5. The Kier molecular flexibility index (Phi) is 4.49. The van der Waals surface area contributed by atoms with Crippen molar-refractivity contribution >= 4 is 29.3 Å². The molecule has 2 aromatic rings. The van der Waals surface area contributed by atoms with E-state index in [1.165, 1.54) is 0 Å². The minimum Gasteiger partial charge on any atom is -0.319 e. The predicted octanol–water partition coefficient (Wildman–Crippen LogP) is 2.86. The molecule has 7 heteroatoms. The van der Waals surface area contributed by atoms with E-state index in [-0.39, 0.29) is 12.3 Å². The molecule has 0 bridgehead atoms. The lowest BCUT2D eigenvalue weighted by molar-refractivity contribution is -0.130. The maximum absolute atomic E-state index is 12.8. The number of halogens is 1. The number of carbonyl (C=O) groups is 3. The summed E-state index contributed by atoms with van der Waals surface area (Å²) in [4.78, 5) is 38.4. The van der Waals surface area contributed by atoms with Crippen LogP contribution in [0, 0.1) is 11.3 Å². The van der Waals surface area contributed by atoms with Crippen LogP contribution in [0.4, 0.5) is 4.79 Å². The third kappa shape index (κ3) is 3.05. The first kappa shape index (κ1) is 17.6. The topological polar surface area (TPSA) is 90.3 Å². The molecule has 1 saturated heterocycles. The maximum atomic E-state index is 12.8. The number of nitrogens with zero attached hydrogens (tertiary/aromatic N) is 2. The zero-order valence-electron chi connectivity index (χ0n) is 13.8. The summed E-state index contributed by atoms with van der Waals surface area (Å²) < 4.78 is 0. The van der Waals surface area contributed by atoms with Gasteiger partial charge >= 0.3 is 6.03 Å². The largest absolute Gasteiger partial charge is 0.325 e. The van der Waals surface area contributed by atoms with Gasteiger partial charge in [-0.25, -0.2) is 4.79 Å². The molecular formula is C19H14ClN3O3. The number of amides is 3. The lowest BCUT2D eigenvalue weighted by Crippen LogP contribution is -2.41. The fraction of sp³-hybridized carbons (Fsp3) is 0.158. The van der Waals surface area contributed by atoms with Crippen molar-refractivity contribution in [1.82, 2.24) is 10.2 Å². The first-order valence-corrected chi connectivity index (χ1v) is 8.16. The zero-order chi connectivity index (χ0) is 18.9. The Morgan fingerprint density at radius 2 is 1.77 bits per heavy atom. The highest BCUT2D eigenvalue weighted by Crippen LogP contribution is 2.29. The molecule has 130 valence electrons. The van der Waals surface area contributed by atoms with Gasteiger partial charge in [0.1, 0.15) is 5.54 Å². The second kappa shape index (κ2) is 6.62. The molecule has 1 N–H and O–H groups in total. The maximum Gasteiger partial charge on any atom is 0.325 e. The molecule has 1 aliphatic heterocycles. The van der Waals surface area contributed by atoms with Crippen molar-refractivity contribution in [1.29, 1.82) is 5.26 Å². The molecule has 26 heavy (non-hydrogen) atoms. The molecule has 1 aliphatic rings. The normalized spacial score (nSPS) is 19.2. The van der Waals surface area contributed by atoms with E-state index in [4.69, 9.17) is 16.9 Å². The van der Waals surface area contributed by atoms with Crippen molar-refractivity contribution in [2.24, 2.45) is 0 Å². The quantitative estimate of drug-likeness (QED) is 0.664. The molecule has 0 radical (unpaired) electrons. The summed E-state index contributed by atoms with van der Waals surface area (Å²) in [7, 11) is 0. The van der Waals surface area contributed by atoms with Crippen molar-refractivity contribution in [2.75, 3.05) is 6.54 Å². The monoisotopic (exact) mass is 367 g/mol. The number of ketones is 1. The standard InChI is InChI=1S/C19H14ClN3O3/c1-19(14-6-2-12(10-21)3-7-14)17(25)23(18(26)22-19)11-16(24)13-4-8-15(20)9-5-13/h2-9H,11H2,1H3,(H,22,26)/t19-/m0/s1. The highest BCUT2D eigenvalue weighted by Gasteiger charge is 2.49. The minimum atomic E-state index is -1.29. The van der Waals surface area contributed by atoms with E-state index in [1.807, 2.05) is 6.07 Å². The average molecular weight is 368 g/mol.